The first-order valence-electron chi connectivity index (χ1n) is 5.95. The van der Waals surface area contributed by atoms with Gasteiger partial charge >= 0.3 is 0 Å². The molecule has 0 spiro atoms. The number of benzene rings is 2. The lowest BCUT2D eigenvalue weighted by Gasteiger charge is -2.16. The van der Waals surface area contributed by atoms with Gasteiger partial charge in [-0.15, -0.1) is 0 Å². The number of hydrogen-bond acceptors (Lipinski definition) is 0. The lowest BCUT2D eigenvalue weighted by molar-refractivity contribution is 0.893. The van der Waals surface area contributed by atoms with Crippen molar-refractivity contribution < 1.29 is 0 Å². The molecule has 0 fully saturated rings. The van der Waals surface area contributed by atoms with Gasteiger partial charge in [-0.3, -0.25) is 0 Å². The molecule has 0 nitrogen and oxygen atoms in total. The van der Waals surface area contributed by atoms with Crippen molar-refractivity contribution in [3.8, 4) is 0 Å². The molecule has 1 unspecified atom stereocenters. The fraction of sp³-hybridized carbons (Fsp3) is 0.250. The first-order chi connectivity index (χ1) is 7.83. The molecule has 16 heavy (non-hydrogen) atoms. The molecule has 0 radical (unpaired) electrons. The van der Waals surface area contributed by atoms with Gasteiger partial charge in [-0.05, 0) is 23.1 Å². The van der Waals surface area contributed by atoms with Gasteiger partial charge in [0.25, 0.3) is 0 Å². The molecule has 0 N–H and O–H groups in total. The quantitative estimate of drug-likeness (QED) is 0.704. The van der Waals surface area contributed by atoms with Crippen LogP contribution < -0.4 is 0 Å². The second-order valence-electron chi connectivity index (χ2n) is 4.18. The summed E-state index contributed by atoms with van der Waals surface area (Å²) >= 11 is 0. The van der Waals surface area contributed by atoms with E-state index in [1.54, 1.807) is 0 Å². The molecule has 1 atom stereocenters. The average Bonchev–Trinajstić information content (AvgIpc) is 2.39. The van der Waals surface area contributed by atoms with Crippen LogP contribution in [0, 0.1) is 0 Å². The van der Waals surface area contributed by atoms with Gasteiger partial charge in [0.1, 0.15) is 0 Å². The van der Waals surface area contributed by atoms with Crippen LogP contribution in [0.4, 0.5) is 0 Å². The molecule has 2 aromatic carbocycles. The van der Waals surface area contributed by atoms with Crippen LogP contribution in [0.25, 0.3) is 0 Å². The van der Waals surface area contributed by atoms with E-state index in [-0.39, 0.29) is 0 Å². The van der Waals surface area contributed by atoms with Crippen molar-refractivity contribution in [1.82, 2.24) is 0 Å². The summed E-state index contributed by atoms with van der Waals surface area (Å²) in [5.41, 5.74) is 4.30. The van der Waals surface area contributed by atoms with Crippen LogP contribution in [0.1, 0.15) is 36.5 Å². The van der Waals surface area contributed by atoms with Gasteiger partial charge in [0.2, 0.25) is 0 Å². The Balaban J connectivity index is 2.37. The molecule has 0 saturated carbocycles. The van der Waals surface area contributed by atoms with E-state index in [1.807, 2.05) is 0 Å². The molecular weight excluding hydrogens is 192 g/mol. The highest BCUT2D eigenvalue weighted by molar-refractivity contribution is 5.37. The van der Waals surface area contributed by atoms with Crippen molar-refractivity contribution in [2.24, 2.45) is 0 Å². The lowest BCUT2D eigenvalue weighted by Crippen LogP contribution is -1.99. The molecule has 0 aliphatic rings. The molecule has 0 heterocycles. The minimum Gasteiger partial charge on any atom is -0.0622 e. The topological polar surface area (TPSA) is 0 Å². The van der Waals surface area contributed by atoms with E-state index in [2.05, 4.69) is 68.4 Å². The van der Waals surface area contributed by atoms with Crippen LogP contribution in [0.3, 0.4) is 0 Å². The molecule has 0 saturated heterocycles. The Labute approximate surface area is 97.9 Å². The number of aryl methyl sites for hydroxylation is 1. The predicted octanol–water partition coefficient (Wildman–Crippen LogP) is 4.40. The van der Waals surface area contributed by atoms with Gasteiger partial charge in [-0.25, -0.2) is 0 Å². The average molecular weight is 210 g/mol. The van der Waals surface area contributed by atoms with Crippen LogP contribution in [0.5, 0.6) is 0 Å². The zero-order valence-corrected chi connectivity index (χ0v) is 9.98. The molecule has 0 aliphatic carbocycles. The largest absolute Gasteiger partial charge is 0.0622 e. The van der Waals surface area contributed by atoms with Crippen molar-refractivity contribution in [3.05, 3.63) is 71.3 Å². The monoisotopic (exact) mass is 210 g/mol. The van der Waals surface area contributed by atoms with Crippen LogP contribution in [-0.2, 0) is 6.42 Å². The van der Waals surface area contributed by atoms with Crippen LogP contribution in [0.2, 0.25) is 0 Å². The van der Waals surface area contributed by atoms with Gasteiger partial charge in [0, 0.05) is 5.92 Å². The third-order valence-electron chi connectivity index (χ3n) is 3.20. The van der Waals surface area contributed by atoms with Crippen LogP contribution >= 0.6 is 0 Å². The standard InChI is InChI=1S/C16H18/c1-3-14-9-7-8-12-16(14)13(2)15-10-5-4-6-11-15/h4-13H,3H2,1-2H3. The lowest BCUT2D eigenvalue weighted by atomic mass is 9.89. The van der Waals surface area contributed by atoms with Crippen molar-refractivity contribution in [3.63, 3.8) is 0 Å². The Bertz CT molecular complexity index is 443. The molecule has 0 amide bonds. The molecule has 0 aliphatic heterocycles. The van der Waals surface area contributed by atoms with Crippen molar-refractivity contribution in [1.29, 1.82) is 0 Å². The highest BCUT2D eigenvalue weighted by atomic mass is 14.1. The van der Waals surface area contributed by atoms with E-state index in [0.29, 0.717) is 5.92 Å². The first kappa shape index (κ1) is 10.9. The molecular formula is C16H18. The summed E-state index contributed by atoms with van der Waals surface area (Å²) in [7, 11) is 0. The second-order valence-corrected chi connectivity index (χ2v) is 4.18. The third-order valence-corrected chi connectivity index (χ3v) is 3.20. The minimum atomic E-state index is 0.484. The smallest absolute Gasteiger partial charge is 0.00637 e. The number of hydrogen-bond donors (Lipinski definition) is 0. The van der Waals surface area contributed by atoms with Gasteiger partial charge in [-0.1, -0.05) is 68.4 Å². The normalized spacial score (nSPS) is 12.4. The molecule has 2 aromatic rings. The minimum absolute atomic E-state index is 0.484. The van der Waals surface area contributed by atoms with Crippen molar-refractivity contribution in [2.75, 3.05) is 0 Å². The van der Waals surface area contributed by atoms with E-state index < -0.39 is 0 Å². The van der Waals surface area contributed by atoms with Crippen LogP contribution in [0.15, 0.2) is 54.6 Å². The second kappa shape index (κ2) is 4.98. The summed E-state index contributed by atoms with van der Waals surface area (Å²) in [5, 5.41) is 0. The summed E-state index contributed by atoms with van der Waals surface area (Å²) < 4.78 is 0. The Hall–Kier alpha value is -1.56. The Kier molecular flexibility index (Phi) is 3.40. The Morgan fingerprint density at radius 3 is 2.19 bits per heavy atom. The highest BCUT2D eigenvalue weighted by Crippen LogP contribution is 2.26. The molecule has 2 rings (SSSR count). The van der Waals surface area contributed by atoms with Crippen molar-refractivity contribution in [2.45, 2.75) is 26.2 Å². The fourth-order valence-electron chi connectivity index (χ4n) is 2.20. The number of rotatable bonds is 3. The zero-order valence-electron chi connectivity index (χ0n) is 9.98. The van der Waals surface area contributed by atoms with E-state index in [9.17, 15) is 0 Å². The summed E-state index contributed by atoms with van der Waals surface area (Å²) in [6.07, 6.45) is 1.10. The van der Waals surface area contributed by atoms with Crippen LogP contribution in [-0.4, -0.2) is 0 Å². The van der Waals surface area contributed by atoms with Crippen molar-refractivity contribution >= 4 is 0 Å². The maximum atomic E-state index is 2.28. The van der Waals surface area contributed by atoms with E-state index in [0.717, 1.165) is 6.42 Å². The maximum Gasteiger partial charge on any atom is 0.00637 e. The molecule has 82 valence electrons. The summed E-state index contributed by atoms with van der Waals surface area (Å²) in [6.45, 7) is 4.50. The van der Waals surface area contributed by atoms with E-state index >= 15 is 0 Å². The third kappa shape index (κ3) is 2.16. The Morgan fingerprint density at radius 2 is 1.50 bits per heavy atom. The van der Waals surface area contributed by atoms with Gasteiger partial charge < -0.3 is 0 Å². The Morgan fingerprint density at radius 1 is 0.875 bits per heavy atom. The summed E-state index contributed by atoms with van der Waals surface area (Å²) in [5.74, 6) is 0.484. The molecule has 0 bridgehead atoms. The van der Waals surface area contributed by atoms with E-state index in [4.69, 9.17) is 0 Å². The summed E-state index contributed by atoms with van der Waals surface area (Å²) in [6, 6.07) is 19.4. The van der Waals surface area contributed by atoms with Gasteiger partial charge in [-0.2, -0.15) is 0 Å². The maximum absolute atomic E-state index is 2.28. The highest BCUT2D eigenvalue weighted by Gasteiger charge is 2.10. The summed E-state index contributed by atoms with van der Waals surface area (Å²) in [4.78, 5) is 0. The fourth-order valence-corrected chi connectivity index (χ4v) is 2.20. The van der Waals surface area contributed by atoms with E-state index in [1.165, 1.54) is 16.7 Å². The predicted molar refractivity (Wildman–Crippen MR) is 69.8 cm³/mol. The molecule has 0 aromatic heterocycles. The SMILES string of the molecule is CCc1ccccc1C(C)c1ccccc1. The van der Waals surface area contributed by atoms with Gasteiger partial charge in [0.15, 0.2) is 0 Å². The zero-order chi connectivity index (χ0) is 11.4. The molecule has 0 heteroatoms. The first-order valence-corrected chi connectivity index (χ1v) is 5.95. The van der Waals surface area contributed by atoms with Gasteiger partial charge in [0.05, 0.1) is 0 Å².